The van der Waals surface area contributed by atoms with Crippen LogP contribution in [0.4, 0.5) is 11.4 Å². The second-order valence-electron chi connectivity index (χ2n) is 6.12. The van der Waals surface area contributed by atoms with Gasteiger partial charge in [0.1, 0.15) is 5.75 Å². The Hall–Kier alpha value is -2.58. The molecule has 3 rings (SSSR count). The van der Waals surface area contributed by atoms with E-state index in [2.05, 4.69) is 26.1 Å². The van der Waals surface area contributed by atoms with Crippen molar-refractivity contribution in [1.82, 2.24) is 0 Å². The molecule has 8 heteroatoms. The number of esters is 1. The maximum Gasteiger partial charge on any atom is 0.337 e. The van der Waals surface area contributed by atoms with Gasteiger partial charge in [-0.05, 0) is 36.4 Å². The number of amides is 1. The molecule has 1 N–H and O–H groups in total. The fourth-order valence-electron chi connectivity index (χ4n) is 3.01. The van der Waals surface area contributed by atoms with E-state index in [4.69, 9.17) is 14.2 Å². The third kappa shape index (κ3) is 4.45. The average Bonchev–Trinajstić information content (AvgIpc) is 2.73. The van der Waals surface area contributed by atoms with Crippen LogP contribution in [0.5, 0.6) is 5.75 Å². The number of benzene rings is 2. The summed E-state index contributed by atoms with van der Waals surface area (Å²) in [6.07, 6.45) is 0. The lowest BCUT2D eigenvalue weighted by Crippen LogP contribution is -2.36. The molecular formula is C20H21BrN2O5. The standard InChI is InChI=1S/C20H21BrN2O5/c1-26-18-6-4-14(21)12-15(18)19(24)22-16-11-13(20(25)27-2)3-5-17(16)23-7-9-28-10-8-23/h3-6,11-12H,7-10H2,1-2H3,(H,22,24). The Morgan fingerprint density at radius 1 is 1.11 bits per heavy atom. The number of hydrogen-bond donors (Lipinski definition) is 1. The van der Waals surface area contributed by atoms with E-state index in [0.717, 1.165) is 10.2 Å². The van der Waals surface area contributed by atoms with Crippen molar-refractivity contribution in [3.63, 3.8) is 0 Å². The summed E-state index contributed by atoms with van der Waals surface area (Å²) < 4.78 is 16.3. The van der Waals surface area contributed by atoms with Crippen LogP contribution in [0.25, 0.3) is 0 Å². The smallest absolute Gasteiger partial charge is 0.337 e. The van der Waals surface area contributed by atoms with Crippen LogP contribution in [-0.4, -0.2) is 52.4 Å². The second-order valence-corrected chi connectivity index (χ2v) is 7.04. The van der Waals surface area contributed by atoms with E-state index < -0.39 is 5.97 Å². The number of nitrogens with zero attached hydrogens (tertiary/aromatic N) is 1. The summed E-state index contributed by atoms with van der Waals surface area (Å²) in [6, 6.07) is 10.3. The van der Waals surface area contributed by atoms with Gasteiger partial charge in [-0.15, -0.1) is 0 Å². The van der Waals surface area contributed by atoms with Gasteiger partial charge in [0, 0.05) is 17.6 Å². The molecule has 1 fully saturated rings. The molecule has 0 aromatic heterocycles. The Morgan fingerprint density at radius 3 is 2.54 bits per heavy atom. The van der Waals surface area contributed by atoms with Crippen LogP contribution >= 0.6 is 15.9 Å². The molecule has 1 saturated heterocycles. The lowest BCUT2D eigenvalue weighted by Gasteiger charge is -2.30. The van der Waals surface area contributed by atoms with Gasteiger partial charge in [0.15, 0.2) is 0 Å². The van der Waals surface area contributed by atoms with Gasteiger partial charge in [-0.25, -0.2) is 4.79 Å². The first kappa shape index (κ1) is 20.2. The molecule has 0 spiro atoms. The lowest BCUT2D eigenvalue weighted by atomic mass is 10.1. The minimum atomic E-state index is -0.468. The molecule has 0 aliphatic carbocycles. The highest BCUT2D eigenvalue weighted by molar-refractivity contribution is 9.10. The first-order valence-electron chi connectivity index (χ1n) is 8.73. The Balaban J connectivity index is 1.97. The maximum absolute atomic E-state index is 13.0. The van der Waals surface area contributed by atoms with E-state index in [1.165, 1.54) is 14.2 Å². The molecule has 1 amide bonds. The summed E-state index contributed by atoms with van der Waals surface area (Å²) in [5.74, 6) is -0.350. The molecule has 28 heavy (non-hydrogen) atoms. The van der Waals surface area contributed by atoms with E-state index in [-0.39, 0.29) is 5.91 Å². The van der Waals surface area contributed by atoms with Gasteiger partial charge < -0.3 is 24.4 Å². The number of nitrogens with one attached hydrogen (secondary N) is 1. The maximum atomic E-state index is 13.0. The van der Waals surface area contributed by atoms with Crippen LogP contribution < -0.4 is 15.0 Å². The Labute approximate surface area is 171 Å². The van der Waals surface area contributed by atoms with Crippen molar-refractivity contribution in [2.24, 2.45) is 0 Å². The van der Waals surface area contributed by atoms with Crippen molar-refractivity contribution in [1.29, 1.82) is 0 Å². The van der Waals surface area contributed by atoms with E-state index in [1.807, 2.05) is 6.07 Å². The van der Waals surface area contributed by atoms with Gasteiger partial charge in [-0.1, -0.05) is 15.9 Å². The highest BCUT2D eigenvalue weighted by Crippen LogP contribution is 2.30. The number of carbonyl (C=O) groups is 2. The molecular weight excluding hydrogens is 428 g/mol. The predicted octanol–water partition coefficient (Wildman–Crippen LogP) is 3.33. The fourth-order valence-corrected chi connectivity index (χ4v) is 3.37. The van der Waals surface area contributed by atoms with Gasteiger partial charge in [0.2, 0.25) is 0 Å². The van der Waals surface area contributed by atoms with E-state index in [1.54, 1.807) is 30.3 Å². The van der Waals surface area contributed by atoms with E-state index >= 15 is 0 Å². The minimum Gasteiger partial charge on any atom is -0.496 e. The molecule has 0 unspecified atom stereocenters. The van der Waals surface area contributed by atoms with Crippen LogP contribution in [0.1, 0.15) is 20.7 Å². The van der Waals surface area contributed by atoms with Gasteiger partial charge >= 0.3 is 5.97 Å². The van der Waals surface area contributed by atoms with E-state index in [0.29, 0.717) is 48.9 Å². The number of rotatable bonds is 5. The highest BCUT2D eigenvalue weighted by atomic mass is 79.9. The first-order chi connectivity index (χ1) is 13.5. The number of carbonyl (C=O) groups excluding carboxylic acids is 2. The molecule has 2 aromatic carbocycles. The summed E-state index contributed by atoms with van der Waals surface area (Å²) in [4.78, 5) is 27.0. The van der Waals surface area contributed by atoms with Crippen LogP contribution in [-0.2, 0) is 9.47 Å². The number of halogens is 1. The zero-order valence-electron chi connectivity index (χ0n) is 15.7. The van der Waals surface area contributed by atoms with Crippen LogP contribution in [0.3, 0.4) is 0 Å². The zero-order valence-corrected chi connectivity index (χ0v) is 17.2. The number of methoxy groups -OCH3 is 2. The molecule has 148 valence electrons. The Morgan fingerprint density at radius 2 is 1.86 bits per heavy atom. The molecule has 0 radical (unpaired) electrons. The molecule has 1 aliphatic rings. The molecule has 1 heterocycles. The van der Waals surface area contributed by atoms with Crippen molar-refractivity contribution in [3.8, 4) is 5.75 Å². The lowest BCUT2D eigenvalue weighted by molar-refractivity contribution is 0.0600. The average molecular weight is 449 g/mol. The number of morpholine rings is 1. The van der Waals surface area contributed by atoms with Crippen LogP contribution in [0, 0.1) is 0 Å². The van der Waals surface area contributed by atoms with Crippen LogP contribution in [0.15, 0.2) is 40.9 Å². The normalized spacial score (nSPS) is 13.8. The number of anilines is 2. The van der Waals surface area contributed by atoms with Gasteiger partial charge in [-0.3, -0.25) is 4.79 Å². The van der Waals surface area contributed by atoms with Crippen molar-refractivity contribution in [3.05, 3.63) is 52.0 Å². The molecule has 2 aromatic rings. The number of ether oxygens (including phenoxy) is 3. The van der Waals surface area contributed by atoms with Crippen LogP contribution in [0.2, 0.25) is 0 Å². The van der Waals surface area contributed by atoms with Gasteiger partial charge in [0.25, 0.3) is 5.91 Å². The monoisotopic (exact) mass is 448 g/mol. The molecule has 0 atom stereocenters. The fraction of sp³-hybridized carbons (Fsp3) is 0.300. The van der Waals surface area contributed by atoms with Crippen molar-refractivity contribution >= 4 is 39.2 Å². The topological polar surface area (TPSA) is 77.1 Å². The highest BCUT2D eigenvalue weighted by Gasteiger charge is 2.20. The molecule has 0 bridgehead atoms. The van der Waals surface area contributed by atoms with E-state index in [9.17, 15) is 9.59 Å². The first-order valence-corrected chi connectivity index (χ1v) is 9.52. The summed E-state index contributed by atoms with van der Waals surface area (Å²) in [7, 11) is 2.83. The Bertz CT molecular complexity index is 881. The van der Waals surface area contributed by atoms with Gasteiger partial charge in [0.05, 0.1) is 49.9 Å². The predicted molar refractivity (Wildman–Crippen MR) is 109 cm³/mol. The molecule has 0 saturated carbocycles. The summed E-state index contributed by atoms with van der Waals surface area (Å²) in [5, 5.41) is 2.92. The second kappa shape index (κ2) is 9.07. The summed E-state index contributed by atoms with van der Waals surface area (Å²) in [5.41, 5.74) is 2.08. The quantitative estimate of drug-likeness (QED) is 0.706. The SMILES string of the molecule is COC(=O)c1ccc(N2CCOCC2)c(NC(=O)c2cc(Br)ccc2OC)c1. The van der Waals surface area contributed by atoms with Crippen molar-refractivity contribution in [2.45, 2.75) is 0 Å². The molecule has 1 aliphatic heterocycles. The third-order valence-electron chi connectivity index (χ3n) is 4.42. The minimum absolute atomic E-state index is 0.338. The summed E-state index contributed by atoms with van der Waals surface area (Å²) in [6.45, 7) is 2.60. The number of hydrogen-bond acceptors (Lipinski definition) is 6. The van der Waals surface area contributed by atoms with Crippen molar-refractivity contribution in [2.75, 3.05) is 50.7 Å². The molecule has 7 nitrogen and oxygen atoms in total. The summed E-state index contributed by atoms with van der Waals surface area (Å²) >= 11 is 3.38. The van der Waals surface area contributed by atoms with Crippen molar-refractivity contribution < 1.29 is 23.8 Å². The Kier molecular flexibility index (Phi) is 6.53. The largest absolute Gasteiger partial charge is 0.496 e. The van der Waals surface area contributed by atoms with Gasteiger partial charge in [-0.2, -0.15) is 0 Å². The third-order valence-corrected chi connectivity index (χ3v) is 4.92. The zero-order chi connectivity index (χ0) is 20.1.